The van der Waals surface area contributed by atoms with Crippen molar-refractivity contribution in [2.24, 2.45) is 0 Å². The Bertz CT molecular complexity index is 156. The molecule has 0 aromatic rings. The van der Waals surface area contributed by atoms with Gasteiger partial charge in [-0.2, -0.15) is 0 Å². The zero-order valence-electron chi connectivity index (χ0n) is 12.9. The molecule has 0 unspecified atom stereocenters. The molecule has 0 saturated carbocycles. The number of carboxylic acid groups (broad SMARTS) is 1. The van der Waals surface area contributed by atoms with E-state index in [9.17, 15) is 0 Å². The van der Waals surface area contributed by atoms with Crippen LogP contribution in [-0.4, -0.2) is 77.3 Å². The first-order valence-corrected chi connectivity index (χ1v) is 9.22. The second kappa shape index (κ2) is 19.0. The van der Waals surface area contributed by atoms with Crippen molar-refractivity contribution < 1.29 is 15.4 Å². The second-order valence-corrected chi connectivity index (χ2v) is 8.64. The zero-order chi connectivity index (χ0) is 13.7. The summed E-state index contributed by atoms with van der Waals surface area (Å²) in [5.41, 5.74) is 0. The van der Waals surface area contributed by atoms with Crippen LogP contribution in [0.15, 0.2) is 0 Å². The number of rotatable bonds is 8. The number of hydrogen-bond donors (Lipinski definition) is 1. The minimum atomic E-state index is -0.833. The second-order valence-electron chi connectivity index (χ2n) is 4.56. The molecule has 0 saturated heterocycles. The van der Waals surface area contributed by atoms with Gasteiger partial charge in [0.1, 0.15) is 0 Å². The summed E-state index contributed by atoms with van der Waals surface area (Å²) in [5, 5.41) is 7.42. The van der Waals surface area contributed by atoms with Crippen molar-refractivity contribution in [2.75, 3.05) is 23.0 Å². The van der Waals surface area contributed by atoms with E-state index < -0.39 is 5.97 Å². The van der Waals surface area contributed by atoms with Crippen LogP contribution < -0.4 is 0 Å². The Morgan fingerprint density at radius 2 is 1.00 bits per heavy atom. The van der Waals surface area contributed by atoms with E-state index in [0.717, 1.165) is 6.92 Å². The molecule has 3 nitrogen and oxygen atoms in total. The number of aliphatic carboxylic acids is 1. The molecule has 0 spiro atoms. The third kappa shape index (κ3) is 19.0. The van der Waals surface area contributed by atoms with Crippen molar-refractivity contribution >= 4 is 53.7 Å². The molecule has 0 radical (unpaired) electrons. The van der Waals surface area contributed by atoms with Gasteiger partial charge in [0.25, 0.3) is 5.97 Å². The standard InChI is InChI=1S/C12H28S.C2H4O2.Ca.H2O.2H/c1-5-9-13(10-6-2,11-7-3)12-8-4;1-2(3)4;;;;/h5-12H2,1-4H3;1H3,(H,3,4);;1H2;;. The third-order valence-electron chi connectivity index (χ3n) is 2.55. The molecule has 0 amide bonds. The summed E-state index contributed by atoms with van der Waals surface area (Å²) in [4.78, 5) is 9.00. The van der Waals surface area contributed by atoms with Gasteiger partial charge >= 0.3 is 37.7 Å². The molecule has 0 aromatic heterocycles. The Hall–Kier alpha value is 1.04. The van der Waals surface area contributed by atoms with Crippen LogP contribution in [0.25, 0.3) is 0 Å². The zero-order valence-corrected chi connectivity index (χ0v) is 13.7. The van der Waals surface area contributed by atoms with E-state index in [4.69, 9.17) is 9.90 Å². The number of carboxylic acids is 1. The predicted octanol–water partition coefficient (Wildman–Crippen LogP) is 2.78. The molecule has 0 aliphatic heterocycles. The minimum absolute atomic E-state index is 0. The van der Waals surface area contributed by atoms with E-state index in [1.807, 2.05) is 0 Å². The van der Waals surface area contributed by atoms with E-state index in [-0.39, 0.29) is 53.2 Å². The normalized spacial score (nSPS) is 10.4. The fraction of sp³-hybridized carbons (Fsp3) is 0.929. The molecule has 19 heavy (non-hydrogen) atoms. The van der Waals surface area contributed by atoms with Crippen molar-refractivity contribution in [3.8, 4) is 0 Å². The van der Waals surface area contributed by atoms with Crippen LogP contribution in [0.2, 0.25) is 0 Å². The van der Waals surface area contributed by atoms with Crippen LogP contribution in [0.3, 0.4) is 0 Å². The molecule has 0 aromatic carbocycles. The van der Waals surface area contributed by atoms with Crippen molar-refractivity contribution in [1.29, 1.82) is 0 Å². The first kappa shape index (κ1) is 28.2. The summed E-state index contributed by atoms with van der Waals surface area (Å²) in [6.07, 6.45) is 5.59. The molecular weight excluding hydrogens is 288 g/mol. The van der Waals surface area contributed by atoms with Gasteiger partial charge < -0.3 is 10.6 Å². The van der Waals surface area contributed by atoms with Crippen LogP contribution in [0.5, 0.6) is 0 Å². The summed E-state index contributed by atoms with van der Waals surface area (Å²) < 4.78 is 0. The van der Waals surface area contributed by atoms with Crippen LogP contribution in [0.4, 0.5) is 0 Å². The third-order valence-corrected chi connectivity index (χ3v) is 7.65. The van der Waals surface area contributed by atoms with Crippen LogP contribution in [0, 0.1) is 0 Å². The predicted molar refractivity (Wildman–Crippen MR) is 93.7 cm³/mol. The average molecular weight is 325 g/mol. The van der Waals surface area contributed by atoms with Crippen molar-refractivity contribution in [1.82, 2.24) is 0 Å². The van der Waals surface area contributed by atoms with Crippen molar-refractivity contribution in [2.45, 2.75) is 60.3 Å². The van der Waals surface area contributed by atoms with E-state index in [1.165, 1.54) is 48.7 Å². The molecule has 0 heterocycles. The quantitative estimate of drug-likeness (QED) is 0.698. The van der Waals surface area contributed by atoms with Gasteiger partial charge in [0, 0.05) is 6.92 Å². The van der Waals surface area contributed by atoms with Gasteiger partial charge in [-0.3, -0.25) is 4.79 Å². The molecule has 0 aliphatic carbocycles. The van der Waals surface area contributed by atoms with E-state index in [2.05, 4.69) is 27.7 Å². The van der Waals surface area contributed by atoms with Crippen LogP contribution in [-0.2, 0) is 4.79 Å². The molecule has 5 heteroatoms. The summed E-state index contributed by atoms with van der Waals surface area (Å²) in [7, 11) is -0.197. The topological polar surface area (TPSA) is 68.8 Å². The van der Waals surface area contributed by atoms with Crippen molar-refractivity contribution in [3.05, 3.63) is 0 Å². The van der Waals surface area contributed by atoms with E-state index in [0.29, 0.717) is 0 Å². The maximum absolute atomic E-state index is 9.00. The first-order chi connectivity index (χ1) is 7.97. The maximum atomic E-state index is 9.00. The summed E-state index contributed by atoms with van der Waals surface area (Å²) in [6.45, 7) is 10.5. The van der Waals surface area contributed by atoms with Crippen LogP contribution in [0.1, 0.15) is 60.3 Å². The molecule has 3 N–H and O–H groups in total. The van der Waals surface area contributed by atoms with Gasteiger partial charge in [-0.05, 0) is 48.7 Å². The Morgan fingerprint density at radius 1 is 0.842 bits per heavy atom. The van der Waals surface area contributed by atoms with Crippen molar-refractivity contribution in [3.63, 3.8) is 0 Å². The fourth-order valence-corrected chi connectivity index (χ4v) is 7.03. The summed E-state index contributed by atoms with van der Waals surface area (Å²) in [6, 6.07) is 0. The average Bonchev–Trinajstić information content (AvgIpc) is 2.18. The van der Waals surface area contributed by atoms with Gasteiger partial charge in [-0.1, -0.05) is 27.7 Å². The van der Waals surface area contributed by atoms with Gasteiger partial charge in [0.05, 0.1) is 0 Å². The molecule has 0 fully saturated rings. The number of hydrogen-bond acceptors (Lipinski definition) is 1. The molecule has 0 atom stereocenters. The molecule has 0 rings (SSSR count). The first-order valence-electron chi connectivity index (χ1n) is 6.91. The van der Waals surface area contributed by atoms with Gasteiger partial charge in [-0.15, -0.1) is 0 Å². The monoisotopic (exact) mass is 324 g/mol. The molecule has 0 aliphatic rings. The summed E-state index contributed by atoms with van der Waals surface area (Å²) >= 11 is 0. The Labute approximate surface area is 151 Å². The summed E-state index contributed by atoms with van der Waals surface area (Å²) in [5.74, 6) is 5.29. The van der Waals surface area contributed by atoms with Gasteiger partial charge in [0.2, 0.25) is 0 Å². The SMILES string of the molecule is CC(=O)O.CCCS(CCC)(CCC)CCC.O.[CaH2]. The Balaban J connectivity index is -0.000000165. The molecule has 118 valence electrons. The fourth-order valence-electron chi connectivity index (χ4n) is 2.34. The number of carbonyl (C=O) groups is 1. The van der Waals surface area contributed by atoms with E-state index in [1.54, 1.807) is 0 Å². The van der Waals surface area contributed by atoms with Gasteiger partial charge in [-0.25, -0.2) is 10.0 Å². The van der Waals surface area contributed by atoms with E-state index >= 15 is 0 Å². The molecule has 0 bridgehead atoms. The Morgan fingerprint density at radius 3 is 1.11 bits per heavy atom. The van der Waals surface area contributed by atoms with Crippen LogP contribution >= 0.6 is 10.0 Å². The molecular formula is C14H36CaO3S. The Kier molecular flexibility index (Phi) is 28.3. The van der Waals surface area contributed by atoms with Gasteiger partial charge in [0.15, 0.2) is 0 Å².